The molecule has 2 aromatic rings. The molecule has 0 amide bonds. The Balaban J connectivity index is 2.26. The first-order valence-corrected chi connectivity index (χ1v) is 6.97. The summed E-state index contributed by atoms with van der Waals surface area (Å²) < 4.78 is 19.6. The zero-order valence-corrected chi connectivity index (χ0v) is 13.1. The second-order valence-corrected chi connectivity index (χ2v) is 5.67. The Morgan fingerprint density at radius 3 is 2.47 bits per heavy atom. The summed E-state index contributed by atoms with van der Waals surface area (Å²) in [6.45, 7) is 7.85. The molecular formula is C15H17BrFNO. The molecule has 0 aliphatic heterocycles. The molecule has 0 spiro atoms. The van der Waals surface area contributed by atoms with Gasteiger partial charge in [0.05, 0.1) is 10.5 Å². The van der Waals surface area contributed by atoms with Gasteiger partial charge in [-0.15, -0.1) is 0 Å². The van der Waals surface area contributed by atoms with Crippen molar-refractivity contribution < 1.29 is 8.81 Å². The fourth-order valence-corrected chi connectivity index (χ4v) is 2.65. The second kappa shape index (κ2) is 5.37. The van der Waals surface area contributed by atoms with Crippen molar-refractivity contribution in [3.8, 4) is 0 Å². The molecule has 0 aliphatic carbocycles. The molecular weight excluding hydrogens is 309 g/mol. The zero-order chi connectivity index (χ0) is 14.2. The van der Waals surface area contributed by atoms with Gasteiger partial charge in [-0.05, 0) is 67.4 Å². The number of benzene rings is 1. The van der Waals surface area contributed by atoms with Crippen LogP contribution in [-0.4, -0.2) is 0 Å². The van der Waals surface area contributed by atoms with Crippen molar-refractivity contribution >= 4 is 21.6 Å². The first kappa shape index (κ1) is 14.1. The van der Waals surface area contributed by atoms with Crippen LogP contribution in [0.5, 0.6) is 0 Å². The van der Waals surface area contributed by atoms with Crippen molar-refractivity contribution in [2.45, 2.75) is 33.7 Å². The summed E-state index contributed by atoms with van der Waals surface area (Å²) in [6, 6.07) is 5.37. The van der Waals surface area contributed by atoms with Crippen LogP contribution in [0.25, 0.3) is 0 Å². The van der Waals surface area contributed by atoms with E-state index in [0.29, 0.717) is 4.47 Å². The molecule has 1 aromatic heterocycles. The highest BCUT2D eigenvalue weighted by Gasteiger charge is 2.14. The maximum Gasteiger partial charge on any atom is 0.139 e. The van der Waals surface area contributed by atoms with Gasteiger partial charge in [0.1, 0.15) is 17.3 Å². The van der Waals surface area contributed by atoms with Gasteiger partial charge >= 0.3 is 0 Å². The monoisotopic (exact) mass is 325 g/mol. The van der Waals surface area contributed by atoms with E-state index in [2.05, 4.69) is 21.2 Å². The highest BCUT2D eigenvalue weighted by atomic mass is 79.9. The van der Waals surface area contributed by atoms with Gasteiger partial charge in [0.2, 0.25) is 0 Å². The van der Waals surface area contributed by atoms with Crippen LogP contribution in [0.3, 0.4) is 0 Å². The minimum absolute atomic E-state index is 0.0664. The molecule has 0 aliphatic rings. The lowest BCUT2D eigenvalue weighted by Gasteiger charge is -2.17. The highest BCUT2D eigenvalue weighted by molar-refractivity contribution is 9.10. The van der Waals surface area contributed by atoms with Gasteiger partial charge in [0, 0.05) is 11.3 Å². The highest BCUT2D eigenvalue weighted by Crippen LogP contribution is 2.29. The maximum absolute atomic E-state index is 13.6. The van der Waals surface area contributed by atoms with Crippen LogP contribution in [0.4, 0.5) is 10.1 Å². The lowest BCUT2D eigenvalue weighted by Crippen LogP contribution is -2.08. The second-order valence-electron chi connectivity index (χ2n) is 4.82. The topological polar surface area (TPSA) is 25.2 Å². The Hall–Kier alpha value is -1.29. The van der Waals surface area contributed by atoms with Gasteiger partial charge in [-0.3, -0.25) is 0 Å². The predicted molar refractivity (Wildman–Crippen MR) is 79.1 cm³/mol. The van der Waals surface area contributed by atoms with Crippen molar-refractivity contribution in [3.05, 3.63) is 51.1 Å². The van der Waals surface area contributed by atoms with Crippen LogP contribution in [0.15, 0.2) is 27.1 Å². The normalized spacial score (nSPS) is 12.5. The van der Waals surface area contributed by atoms with Gasteiger partial charge in [-0.2, -0.15) is 0 Å². The lowest BCUT2D eigenvalue weighted by molar-refractivity contribution is 0.500. The summed E-state index contributed by atoms with van der Waals surface area (Å²) in [5, 5.41) is 3.33. The third-order valence-electron chi connectivity index (χ3n) is 3.19. The molecule has 2 nitrogen and oxygen atoms in total. The van der Waals surface area contributed by atoms with Gasteiger partial charge in [0.25, 0.3) is 0 Å². The standard InChI is InChI=1S/C15H17BrFNO/c1-8-5-13(16)14(17)7-15(8)18-10(3)12-6-9(2)19-11(12)4/h5-7,10,18H,1-4H3. The third kappa shape index (κ3) is 3.00. The Morgan fingerprint density at radius 2 is 1.89 bits per heavy atom. The van der Waals surface area contributed by atoms with Gasteiger partial charge in [-0.1, -0.05) is 0 Å². The summed E-state index contributed by atoms with van der Waals surface area (Å²) in [7, 11) is 0. The van der Waals surface area contributed by atoms with Gasteiger partial charge < -0.3 is 9.73 Å². The van der Waals surface area contributed by atoms with Gasteiger partial charge in [0.15, 0.2) is 0 Å². The zero-order valence-electron chi connectivity index (χ0n) is 11.5. The van der Waals surface area contributed by atoms with Crippen molar-refractivity contribution in [1.29, 1.82) is 0 Å². The van der Waals surface area contributed by atoms with Crippen molar-refractivity contribution in [1.82, 2.24) is 0 Å². The SMILES string of the molecule is Cc1cc(C(C)Nc2cc(F)c(Br)cc2C)c(C)o1. The predicted octanol–water partition coefficient (Wildman–Crippen LogP) is 5.28. The van der Waals surface area contributed by atoms with Crippen molar-refractivity contribution in [3.63, 3.8) is 0 Å². The molecule has 0 saturated heterocycles. The quantitative estimate of drug-likeness (QED) is 0.830. The van der Waals surface area contributed by atoms with Crippen LogP contribution in [-0.2, 0) is 0 Å². The van der Waals surface area contributed by atoms with Crippen LogP contribution < -0.4 is 5.32 Å². The van der Waals surface area contributed by atoms with E-state index >= 15 is 0 Å². The number of nitrogens with one attached hydrogen (secondary N) is 1. The number of anilines is 1. The summed E-state index contributed by atoms with van der Waals surface area (Å²) in [4.78, 5) is 0. The van der Waals surface area contributed by atoms with E-state index in [-0.39, 0.29) is 11.9 Å². The van der Waals surface area contributed by atoms with E-state index < -0.39 is 0 Å². The fourth-order valence-electron chi connectivity index (χ4n) is 2.19. The third-order valence-corrected chi connectivity index (χ3v) is 3.79. The largest absolute Gasteiger partial charge is 0.466 e. The molecule has 19 heavy (non-hydrogen) atoms. The Labute approximate surface area is 121 Å². The number of rotatable bonds is 3. The van der Waals surface area contributed by atoms with E-state index in [9.17, 15) is 4.39 Å². The van der Waals surface area contributed by atoms with Crippen LogP contribution in [0, 0.1) is 26.6 Å². The Kier molecular flexibility index (Phi) is 3.99. The summed E-state index contributed by atoms with van der Waals surface area (Å²) in [5.41, 5.74) is 2.89. The molecule has 1 N–H and O–H groups in total. The minimum Gasteiger partial charge on any atom is -0.466 e. The summed E-state index contributed by atoms with van der Waals surface area (Å²) >= 11 is 3.19. The molecule has 0 fully saturated rings. The van der Waals surface area contributed by atoms with Crippen LogP contribution in [0.2, 0.25) is 0 Å². The van der Waals surface area contributed by atoms with E-state index in [1.807, 2.05) is 33.8 Å². The molecule has 1 unspecified atom stereocenters. The molecule has 2 rings (SSSR count). The molecule has 0 bridgehead atoms. The van der Waals surface area contributed by atoms with E-state index in [0.717, 1.165) is 28.3 Å². The molecule has 1 heterocycles. The minimum atomic E-state index is -0.264. The fraction of sp³-hybridized carbons (Fsp3) is 0.333. The summed E-state index contributed by atoms with van der Waals surface area (Å²) in [6.07, 6.45) is 0. The lowest BCUT2D eigenvalue weighted by atomic mass is 10.1. The van der Waals surface area contributed by atoms with E-state index in [1.165, 1.54) is 6.07 Å². The van der Waals surface area contributed by atoms with E-state index in [1.54, 1.807) is 6.07 Å². The number of hydrogen-bond acceptors (Lipinski definition) is 2. The summed E-state index contributed by atoms with van der Waals surface area (Å²) in [5.74, 6) is 1.52. The van der Waals surface area contributed by atoms with Crippen molar-refractivity contribution in [2.75, 3.05) is 5.32 Å². The smallest absolute Gasteiger partial charge is 0.139 e. The molecule has 4 heteroatoms. The average molecular weight is 326 g/mol. The van der Waals surface area contributed by atoms with Crippen LogP contribution in [0.1, 0.15) is 35.6 Å². The van der Waals surface area contributed by atoms with E-state index in [4.69, 9.17) is 4.42 Å². The van der Waals surface area contributed by atoms with Crippen molar-refractivity contribution in [2.24, 2.45) is 0 Å². The molecule has 102 valence electrons. The number of halogens is 2. The van der Waals surface area contributed by atoms with Gasteiger partial charge in [-0.25, -0.2) is 4.39 Å². The maximum atomic E-state index is 13.6. The Bertz CT molecular complexity index is 606. The molecule has 1 atom stereocenters. The molecule has 0 saturated carbocycles. The number of furan rings is 1. The molecule has 0 radical (unpaired) electrons. The average Bonchev–Trinajstić information content (AvgIpc) is 2.65. The Morgan fingerprint density at radius 1 is 1.21 bits per heavy atom. The number of hydrogen-bond donors (Lipinski definition) is 1. The van der Waals surface area contributed by atoms with Crippen LogP contribution >= 0.6 is 15.9 Å². The first-order valence-electron chi connectivity index (χ1n) is 6.17. The molecule has 1 aromatic carbocycles. The number of aryl methyl sites for hydroxylation is 3. The first-order chi connectivity index (χ1) is 8.88.